The van der Waals surface area contributed by atoms with Crippen LogP contribution in [0.5, 0.6) is 0 Å². The van der Waals surface area contributed by atoms with Crippen LogP contribution >= 0.6 is 0 Å². The number of hydrogen-bond acceptors (Lipinski definition) is 2. The van der Waals surface area contributed by atoms with Crippen molar-refractivity contribution in [3.63, 3.8) is 0 Å². The second-order valence-electron chi connectivity index (χ2n) is 3.06. The largest absolute Gasteiger partial charge is 1.00 e. The van der Waals surface area contributed by atoms with Gasteiger partial charge in [-0.25, -0.2) is 0 Å². The Morgan fingerprint density at radius 1 is 1.53 bits per heavy atom. The molecular formula is C10H10CsF2N2OSe. The van der Waals surface area contributed by atoms with Gasteiger partial charge in [-0.2, -0.15) is 0 Å². The molecule has 0 unspecified atom stereocenters. The van der Waals surface area contributed by atoms with Gasteiger partial charge in [0.1, 0.15) is 0 Å². The molecule has 1 rings (SSSR count). The quantitative estimate of drug-likeness (QED) is 0.302. The third kappa shape index (κ3) is 5.30. The van der Waals surface area contributed by atoms with E-state index in [9.17, 15) is 13.6 Å². The van der Waals surface area contributed by atoms with Crippen LogP contribution in [0.4, 0.5) is 8.78 Å². The summed E-state index contributed by atoms with van der Waals surface area (Å²) in [5.41, 5.74) is 5.01. The van der Waals surface area contributed by atoms with Crippen LogP contribution in [-0.4, -0.2) is 35.0 Å². The minimum absolute atomic E-state index is 0. The third-order valence-electron chi connectivity index (χ3n) is 1.89. The molecule has 0 heterocycles. The normalized spacial score (nSPS) is 9.59. The Bertz CT molecular complexity index is 404. The molecule has 0 atom stereocenters. The molecule has 3 nitrogen and oxygen atoms in total. The number of carbonyl (C=O) groups is 1. The zero-order chi connectivity index (χ0) is 12.1. The zero-order valence-electron chi connectivity index (χ0n) is 9.35. The SMILES string of the molecule is NCCCNC(=O)c1c[c-]c(F)c([Se])c1F.[Cs+]. The molecule has 0 saturated carbocycles. The summed E-state index contributed by atoms with van der Waals surface area (Å²) in [4.78, 5) is 11.5. The van der Waals surface area contributed by atoms with E-state index < -0.39 is 17.5 Å². The summed E-state index contributed by atoms with van der Waals surface area (Å²) < 4.78 is 26.0. The van der Waals surface area contributed by atoms with Crippen LogP contribution in [-0.2, 0) is 0 Å². The number of halogens is 2. The van der Waals surface area contributed by atoms with Gasteiger partial charge in [0.05, 0.1) is 0 Å². The predicted molar refractivity (Wildman–Crippen MR) is 56.6 cm³/mol. The van der Waals surface area contributed by atoms with Gasteiger partial charge in [-0.15, -0.1) is 0 Å². The number of hydrogen-bond donors (Lipinski definition) is 2. The van der Waals surface area contributed by atoms with Crippen LogP contribution in [0, 0.1) is 17.7 Å². The molecule has 7 heteroatoms. The fraction of sp³-hybridized carbons (Fsp3) is 0.300. The molecule has 3 N–H and O–H groups in total. The fourth-order valence-electron chi connectivity index (χ4n) is 1.05. The van der Waals surface area contributed by atoms with Crippen molar-refractivity contribution in [2.24, 2.45) is 5.73 Å². The number of nitrogens with two attached hydrogens (primary N) is 1. The number of rotatable bonds is 4. The molecule has 87 valence electrons. The van der Waals surface area contributed by atoms with Crippen molar-refractivity contribution < 1.29 is 82.5 Å². The molecule has 0 bridgehead atoms. The van der Waals surface area contributed by atoms with Crippen molar-refractivity contribution >= 4 is 26.4 Å². The van der Waals surface area contributed by atoms with Gasteiger partial charge in [-0.1, -0.05) is 0 Å². The van der Waals surface area contributed by atoms with Crippen molar-refractivity contribution in [1.29, 1.82) is 0 Å². The number of benzene rings is 1. The average molecular weight is 424 g/mol. The Kier molecular flexibility index (Phi) is 9.64. The number of nitrogens with one attached hydrogen (secondary N) is 1. The zero-order valence-corrected chi connectivity index (χ0v) is 17.3. The summed E-state index contributed by atoms with van der Waals surface area (Å²) in [6, 6.07) is 3.15. The maximum absolute atomic E-state index is 13.4. The molecule has 0 spiro atoms. The van der Waals surface area contributed by atoms with E-state index in [-0.39, 0.29) is 78.9 Å². The maximum atomic E-state index is 13.4. The van der Waals surface area contributed by atoms with Crippen molar-refractivity contribution in [2.45, 2.75) is 6.42 Å². The second kappa shape index (κ2) is 9.06. The molecule has 0 saturated heterocycles. The summed E-state index contributed by atoms with van der Waals surface area (Å²) in [6.45, 7) is 0.792. The van der Waals surface area contributed by atoms with Crippen LogP contribution in [0.3, 0.4) is 0 Å². The smallest absolute Gasteiger partial charge is 1.00 e. The Morgan fingerprint density at radius 2 is 2.18 bits per heavy atom. The Balaban J connectivity index is 0.00000256. The monoisotopic (exact) mass is 425 g/mol. The first kappa shape index (κ1) is 18.1. The Morgan fingerprint density at radius 3 is 2.76 bits per heavy atom. The number of carbonyl (C=O) groups excluding carboxylic acids is 1. The van der Waals surface area contributed by atoms with E-state index in [0.29, 0.717) is 19.5 Å². The van der Waals surface area contributed by atoms with Crippen molar-refractivity contribution in [3.8, 4) is 0 Å². The molecule has 1 aromatic carbocycles. The van der Waals surface area contributed by atoms with E-state index in [2.05, 4.69) is 27.4 Å². The fourth-order valence-corrected chi connectivity index (χ4v) is 1.40. The second-order valence-corrected chi connectivity index (χ2v) is 3.91. The molecule has 1 aromatic rings. The Labute approximate surface area is 166 Å². The summed E-state index contributed by atoms with van der Waals surface area (Å²) in [5.74, 6) is -2.34. The van der Waals surface area contributed by atoms with Gasteiger partial charge in [0.2, 0.25) is 0 Å². The molecule has 1 radical (unpaired) electrons. The van der Waals surface area contributed by atoms with Gasteiger partial charge in [-0.05, 0) is 0 Å². The van der Waals surface area contributed by atoms with Gasteiger partial charge >= 0.3 is 169 Å². The van der Waals surface area contributed by atoms with Gasteiger partial charge in [-0.3, -0.25) is 0 Å². The van der Waals surface area contributed by atoms with Crippen LogP contribution in [0.25, 0.3) is 0 Å². The first-order valence-corrected chi connectivity index (χ1v) is 5.48. The molecule has 0 aromatic heterocycles. The molecule has 1 amide bonds. The van der Waals surface area contributed by atoms with Gasteiger partial charge < -0.3 is 0 Å². The van der Waals surface area contributed by atoms with Crippen molar-refractivity contribution in [1.82, 2.24) is 5.32 Å². The van der Waals surface area contributed by atoms with E-state index in [4.69, 9.17) is 5.73 Å². The molecule has 17 heavy (non-hydrogen) atoms. The molecular weight excluding hydrogens is 414 g/mol. The van der Waals surface area contributed by atoms with E-state index in [1.54, 1.807) is 0 Å². The third-order valence-corrected chi connectivity index (χ3v) is 2.64. The first-order valence-electron chi connectivity index (χ1n) is 4.63. The van der Waals surface area contributed by atoms with E-state index in [0.717, 1.165) is 6.07 Å². The van der Waals surface area contributed by atoms with Crippen molar-refractivity contribution in [2.75, 3.05) is 13.1 Å². The molecule has 0 aliphatic carbocycles. The van der Waals surface area contributed by atoms with Crippen LogP contribution in [0.15, 0.2) is 6.07 Å². The minimum Gasteiger partial charge on any atom is 1.00 e. The first-order chi connectivity index (χ1) is 7.57. The van der Waals surface area contributed by atoms with Crippen LogP contribution < -0.4 is 84.4 Å². The van der Waals surface area contributed by atoms with E-state index in [1.165, 1.54) is 0 Å². The molecule has 0 aliphatic heterocycles. The van der Waals surface area contributed by atoms with Gasteiger partial charge in [0.25, 0.3) is 0 Å². The summed E-state index contributed by atoms with van der Waals surface area (Å²) >= 11 is 2.22. The topological polar surface area (TPSA) is 55.1 Å². The van der Waals surface area contributed by atoms with Crippen molar-refractivity contribution in [3.05, 3.63) is 29.3 Å². The van der Waals surface area contributed by atoms with E-state index in [1.807, 2.05) is 0 Å². The average Bonchev–Trinajstić information content (AvgIpc) is 2.26. The summed E-state index contributed by atoms with van der Waals surface area (Å²) in [6.07, 6.45) is 0.601. The summed E-state index contributed by atoms with van der Waals surface area (Å²) in [5, 5.41) is 2.47. The standard InChI is InChI=1S/C10H10F2N2OSe.Cs/c11-7-3-2-6(8(12)9(7)16)10(15)14-5-1-4-13;/h2H,1,4-5,13H2,(H,14,15);/q-1;+1. The van der Waals surface area contributed by atoms with Crippen LogP contribution in [0.1, 0.15) is 16.8 Å². The Hall–Kier alpha value is 1.08. The van der Waals surface area contributed by atoms with E-state index >= 15 is 0 Å². The van der Waals surface area contributed by atoms with Gasteiger partial charge in [0.15, 0.2) is 0 Å². The predicted octanol–water partition coefficient (Wildman–Crippen LogP) is -3.36. The van der Waals surface area contributed by atoms with Gasteiger partial charge in [0, 0.05) is 0 Å². The molecule has 0 fully saturated rings. The molecule has 0 aliphatic rings. The maximum Gasteiger partial charge on any atom is 1.00 e. The van der Waals surface area contributed by atoms with Crippen LogP contribution in [0.2, 0.25) is 0 Å². The number of amides is 1. The summed E-state index contributed by atoms with van der Waals surface area (Å²) in [7, 11) is 0. The minimum atomic E-state index is -0.901.